The number of nitrogens with one attached hydrogen (secondary N) is 1. The Morgan fingerprint density at radius 3 is 2.71 bits per heavy atom. The molecule has 0 saturated carbocycles. The quantitative estimate of drug-likeness (QED) is 0.728. The summed E-state index contributed by atoms with van der Waals surface area (Å²) < 4.78 is 0. The molecule has 2 unspecified atom stereocenters. The first-order valence-electron chi connectivity index (χ1n) is 6.26. The van der Waals surface area contributed by atoms with Crippen LogP contribution in [0.25, 0.3) is 0 Å². The molecule has 1 saturated heterocycles. The molecule has 0 aromatic carbocycles. The average Bonchev–Trinajstić information content (AvgIpc) is 2.12. The van der Waals surface area contributed by atoms with Crippen molar-refractivity contribution in [2.45, 2.75) is 53.4 Å². The molecule has 0 amide bonds. The Morgan fingerprint density at radius 1 is 1.43 bits per heavy atom. The van der Waals surface area contributed by atoms with Crippen molar-refractivity contribution in [2.24, 2.45) is 17.3 Å². The van der Waals surface area contributed by atoms with Crippen LogP contribution in [-0.2, 0) is 0 Å². The summed E-state index contributed by atoms with van der Waals surface area (Å²) in [6.07, 6.45) is 5.57. The number of piperidine rings is 1. The van der Waals surface area contributed by atoms with Crippen molar-refractivity contribution in [1.82, 2.24) is 5.32 Å². The monoisotopic (exact) mass is 197 g/mol. The van der Waals surface area contributed by atoms with E-state index >= 15 is 0 Å². The molecule has 1 fully saturated rings. The van der Waals surface area contributed by atoms with E-state index in [1.54, 1.807) is 0 Å². The summed E-state index contributed by atoms with van der Waals surface area (Å²) in [4.78, 5) is 0. The lowest BCUT2D eigenvalue weighted by atomic mass is 9.74. The molecular weight excluding hydrogens is 170 g/mol. The van der Waals surface area contributed by atoms with Crippen molar-refractivity contribution in [3.63, 3.8) is 0 Å². The normalized spacial score (nSPS) is 28.7. The molecule has 14 heavy (non-hydrogen) atoms. The summed E-state index contributed by atoms with van der Waals surface area (Å²) in [5.74, 6) is 1.81. The summed E-state index contributed by atoms with van der Waals surface area (Å²) in [5.41, 5.74) is 0.517. The molecule has 2 atom stereocenters. The maximum absolute atomic E-state index is 3.58. The molecule has 1 nitrogen and oxygen atoms in total. The molecule has 1 heteroatoms. The molecule has 1 aliphatic heterocycles. The predicted octanol–water partition coefficient (Wildman–Crippen LogP) is 3.45. The van der Waals surface area contributed by atoms with Crippen LogP contribution < -0.4 is 5.32 Å². The third kappa shape index (κ3) is 3.61. The van der Waals surface area contributed by atoms with E-state index in [-0.39, 0.29) is 0 Å². The molecule has 1 aliphatic rings. The number of unbranched alkanes of at least 4 members (excludes halogenated alkanes) is 1. The Hall–Kier alpha value is -0.0400. The second-order valence-corrected chi connectivity index (χ2v) is 5.88. The molecule has 84 valence electrons. The lowest BCUT2D eigenvalue weighted by molar-refractivity contribution is 0.153. The van der Waals surface area contributed by atoms with Gasteiger partial charge in [-0.2, -0.15) is 0 Å². The average molecular weight is 197 g/mol. The molecule has 0 radical (unpaired) electrons. The fourth-order valence-corrected chi connectivity index (χ4v) is 2.61. The van der Waals surface area contributed by atoms with Crippen LogP contribution >= 0.6 is 0 Å². The first kappa shape index (κ1) is 12.0. The number of hydrogen-bond acceptors (Lipinski definition) is 1. The van der Waals surface area contributed by atoms with E-state index in [1.807, 2.05) is 0 Å². The third-order valence-electron chi connectivity index (χ3n) is 3.64. The van der Waals surface area contributed by atoms with E-state index in [0.29, 0.717) is 5.41 Å². The van der Waals surface area contributed by atoms with Gasteiger partial charge >= 0.3 is 0 Å². The van der Waals surface area contributed by atoms with Gasteiger partial charge in [-0.3, -0.25) is 0 Å². The second kappa shape index (κ2) is 5.16. The standard InChI is InChI=1S/C13H27N/c1-5-6-7-11(2)12-8-13(3,4)10-14-9-12/h11-12,14H,5-10H2,1-4H3. The maximum Gasteiger partial charge on any atom is 0.000275 e. The Kier molecular flexibility index (Phi) is 4.43. The van der Waals surface area contributed by atoms with Crippen LogP contribution in [0, 0.1) is 17.3 Å². The molecule has 0 aromatic rings. The van der Waals surface area contributed by atoms with Gasteiger partial charge in [0.25, 0.3) is 0 Å². The van der Waals surface area contributed by atoms with Crippen LogP contribution in [0.5, 0.6) is 0 Å². The molecule has 1 rings (SSSR count). The molecule has 0 aliphatic carbocycles. The highest BCUT2D eigenvalue weighted by molar-refractivity contribution is 4.84. The zero-order valence-corrected chi connectivity index (χ0v) is 10.4. The van der Waals surface area contributed by atoms with Crippen LogP contribution in [0.4, 0.5) is 0 Å². The predicted molar refractivity (Wildman–Crippen MR) is 63.4 cm³/mol. The van der Waals surface area contributed by atoms with Crippen LogP contribution in [0.15, 0.2) is 0 Å². The Labute approximate surface area is 89.7 Å². The maximum atomic E-state index is 3.58. The van der Waals surface area contributed by atoms with Crippen molar-refractivity contribution < 1.29 is 0 Å². The van der Waals surface area contributed by atoms with E-state index in [0.717, 1.165) is 11.8 Å². The van der Waals surface area contributed by atoms with Gasteiger partial charge in [-0.05, 0) is 30.2 Å². The SMILES string of the molecule is CCCCC(C)C1CNCC(C)(C)C1. The Bertz CT molecular complexity index is 163. The van der Waals surface area contributed by atoms with Gasteiger partial charge in [0.1, 0.15) is 0 Å². The van der Waals surface area contributed by atoms with Crippen LogP contribution in [0.2, 0.25) is 0 Å². The lowest BCUT2D eigenvalue weighted by Crippen LogP contribution is -2.43. The first-order chi connectivity index (χ1) is 6.55. The Morgan fingerprint density at radius 2 is 2.14 bits per heavy atom. The van der Waals surface area contributed by atoms with E-state index in [1.165, 1.54) is 38.8 Å². The van der Waals surface area contributed by atoms with Gasteiger partial charge in [0.2, 0.25) is 0 Å². The molecule has 0 bridgehead atoms. The topological polar surface area (TPSA) is 12.0 Å². The largest absolute Gasteiger partial charge is 0.316 e. The van der Waals surface area contributed by atoms with Crippen LogP contribution in [-0.4, -0.2) is 13.1 Å². The summed E-state index contributed by atoms with van der Waals surface area (Å²) in [6.45, 7) is 11.9. The van der Waals surface area contributed by atoms with Gasteiger partial charge in [0.05, 0.1) is 0 Å². The smallest absolute Gasteiger partial charge is 0.000275 e. The second-order valence-electron chi connectivity index (χ2n) is 5.88. The van der Waals surface area contributed by atoms with Gasteiger partial charge in [-0.1, -0.05) is 47.0 Å². The van der Waals surface area contributed by atoms with Crippen molar-refractivity contribution in [3.05, 3.63) is 0 Å². The first-order valence-corrected chi connectivity index (χ1v) is 6.26. The third-order valence-corrected chi connectivity index (χ3v) is 3.64. The molecule has 0 aromatic heterocycles. The van der Waals surface area contributed by atoms with Gasteiger partial charge in [0.15, 0.2) is 0 Å². The molecule has 1 heterocycles. The van der Waals surface area contributed by atoms with E-state index in [4.69, 9.17) is 0 Å². The van der Waals surface area contributed by atoms with Crippen molar-refractivity contribution in [1.29, 1.82) is 0 Å². The minimum absolute atomic E-state index is 0.517. The van der Waals surface area contributed by atoms with Crippen molar-refractivity contribution in [3.8, 4) is 0 Å². The summed E-state index contributed by atoms with van der Waals surface area (Å²) in [7, 11) is 0. The summed E-state index contributed by atoms with van der Waals surface area (Å²) >= 11 is 0. The summed E-state index contributed by atoms with van der Waals surface area (Å²) in [6, 6.07) is 0. The number of rotatable bonds is 4. The summed E-state index contributed by atoms with van der Waals surface area (Å²) in [5, 5.41) is 3.58. The van der Waals surface area contributed by atoms with Crippen LogP contribution in [0.1, 0.15) is 53.4 Å². The fraction of sp³-hybridized carbons (Fsp3) is 1.00. The fourth-order valence-electron chi connectivity index (χ4n) is 2.61. The molecule has 1 N–H and O–H groups in total. The minimum atomic E-state index is 0.517. The molecular formula is C13H27N. The van der Waals surface area contributed by atoms with Gasteiger partial charge in [0, 0.05) is 6.54 Å². The zero-order valence-electron chi connectivity index (χ0n) is 10.4. The highest BCUT2D eigenvalue weighted by Crippen LogP contribution is 2.33. The Balaban J connectivity index is 2.35. The van der Waals surface area contributed by atoms with E-state index < -0.39 is 0 Å². The highest BCUT2D eigenvalue weighted by atomic mass is 14.9. The van der Waals surface area contributed by atoms with Gasteiger partial charge < -0.3 is 5.32 Å². The van der Waals surface area contributed by atoms with Gasteiger partial charge in [-0.15, -0.1) is 0 Å². The van der Waals surface area contributed by atoms with Crippen LogP contribution in [0.3, 0.4) is 0 Å². The van der Waals surface area contributed by atoms with Crippen molar-refractivity contribution >= 4 is 0 Å². The number of hydrogen-bond donors (Lipinski definition) is 1. The zero-order chi connectivity index (χ0) is 10.6. The highest BCUT2D eigenvalue weighted by Gasteiger charge is 2.30. The van der Waals surface area contributed by atoms with Crippen molar-refractivity contribution in [2.75, 3.05) is 13.1 Å². The minimum Gasteiger partial charge on any atom is -0.316 e. The van der Waals surface area contributed by atoms with E-state index in [9.17, 15) is 0 Å². The molecule has 0 spiro atoms. The van der Waals surface area contributed by atoms with E-state index in [2.05, 4.69) is 33.0 Å². The van der Waals surface area contributed by atoms with Gasteiger partial charge in [-0.25, -0.2) is 0 Å². The lowest BCUT2D eigenvalue weighted by Gasteiger charge is -2.38.